The molecule has 0 saturated carbocycles. The molecule has 2 aromatic rings. The van der Waals surface area contributed by atoms with Gasteiger partial charge in [-0.3, -0.25) is 4.79 Å². The molecule has 1 heterocycles. The molecular formula is C20H20ClN3OS. The number of anilines is 1. The fourth-order valence-corrected chi connectivity index (χ4v) is 3.26. The molecule has 0 aromatic heterocycles. The summed E-state index contributed by atoms with van der Waals surface area (Å²) in [6.45, 7) is 4.59. The first-order valence-electron chi connectivity index (χ1n) is 8.45. The molecule has 0 fully saturated rings. The van der Waals surface area contributed by atoms with E-state index in [9.17, 15) is 4.79 Å². The van der Waals surface area contributed by atoms with Gasteiger partial charge in [-0.2, -0.15) is 0 Å². The van der Waals surface area contributed by atoms with Crippen molar-refractivity contribution in [2.45, 2.75) is 20.3 Å². The number of carbonyl (C=O) groups excluding carboxylic acids is 1. The zero-order valence-electron chi connectivity index (χ0n) is 14.7. The number of aryl methyl sites for hydroxylation is 1. The maximum atomic E-state index is 12.3. The summed E-state index contributed by atoms with van der Waals surface area (Å²) in [5.41, 5.74) is 2.96. The normalized spacial score (nSPS) is 15.5. The van der Waals surface area contributed by atoms with Crippen molar-refractivity contribution in [1.29, 1.82) is 0 Å². The van der Waals surface area contributed by atoms with Gasteiger partial charge in [0, 0.05) is 6.54 Å². The first kappa shape index (κ1) is 18.5. The number of thiocarbonyl (C=S) groups is 1. The van der Waals surface area contributed by atoms with Gasteiger partial charge < -0.3 is 10.6 Å². The summed E-state index contributed by atoms with van der Waals surface area (Å²) in [6, 6.07) is 11.5. The van der Waals surface area contributed by atoms with E-state index in [-0.39, 0.29) is 11.8 Å². The van der Waals surface area contributed by atoms with Crippen LogP contribution in [0.4, 0.5) is 5.69 Å². The summed E-state index contributed by atoms with van der Waals surface area (Å²) in [6.07, 6.45) is 2.63. The Kier molecular flexibility index (Phi) is 5.69. The van der Waals surface area contributed by atoms with Crippen LogP contribution in [0, 0.1) is 19.8 Å². The molecule has 134 valence electrons. The highest BCUT2D eigenvalue weighted by Gasteiger charge is 2.19. The highest BCUT2D eigenvalue weighted by Crippen LogP contribution is 2.20. The van der Waals surface area contributed by atoms with Crippen LogP contribution < -0.4 is 21.2 Å². The zero-order valence-corrected chi connectivity index (χ0v) is 16.2. The third kappa shape index (κ3) is 4.11. The molecule has 0 radical (unpaired) electrons. The number of rotatable bonds is 4. The Morgan fingerprint density at radius 3 is 2.77 bits per heavy atom. The maximum absolute atomic E-state index is 12.3. The molecule has 0 bridgehead atoms. The summed E-state index contributed by atoms with van der Waals surface area (Å²) in [7, 11) is 0. The quantitative estimate of drug-likeness (QED) is 0.794. The van der Waals surface area contributed by atoms with Crippen LogP contribution in [-0.4, -0.2) is 17.6 Å². The number of nitrogens with zero attached hydrogens (tertiary/aromatic N) is 1. The highest BCUT2D eigenvalue weighted by molar-refractivity contribution is 7.80. The topological polar surface area (TPSA) is 53.5 Å². The van der Waals surface area contributed by atoms with Gasteiger partial charge in [0.05, 0.1) is 22.0 Å². The minimum absolute atomic E-state index is 0.0991. The van der Waals surface area contributed by atoms with Crippen LogP contribution >= 0.6 is 23.8 Å². The van der Waals surface area contributed by atoms with Gasteiger partial charge in [-0.15, -0.1) is 0 Å². The third-order valence-electron chi connectivity index (χ3n) is 4.52. The van der Waals surface area contributed by atoms with Crippen LogP contribution in [0.15, 0.2) is 41.4 Å². The van der Waals surface area contributed by atoms with Gasteiger partial charge in [0.2, 0.25) is 0 Å². The maximum Gasteiger partial charge on any atom is 0.253 e. The van der Waals surface area contributed by atoms with Crippen molar-refractivity contribution in [3.8, 4) is 0 Å². The van der Waals surface area contributed by atoms with Crippen molar-refractivity contribution >= 4 is 46.6 Å². The second-order valence-corrected chi connectivity index (χ2v) is 7.13. The summed E-state index contributed by atoms with van der Waals surface area (Å²) in [5.74, 6) is -0.335. The van der Waals surface area contributed by atoms with E-state index in [0.29, 0.717) is 23.1 Å². The van der Waals surface area contributed by atoms with Crippen LogP contribution in [0.3, 0.4) is 0 Å². The van der Waals surface area contributed by atoms with E-state index in [0.717, 1.165) is 27.4 Å². The molecule has 6 heteroatoms. The molecular weight excluding hydrogens is 366 g/mol. The lowest BCUT2D eigenvalue weighted by Crippen LogP contribution is -2.37. The van der Waals surface area contributed by atoms with Crippen molar-refractivity contribution in [3.63, 3.8) is 0 Å². The molecule has 0 spiro atoms. The number of fused-ring (bicyclic) bond motifs is 1. The molecule has 0 aliphatic carbocycles. The van der Waals surface area contributed by atoms with E-state index in [1.165, 1.54) is 0 Å². The van der Waals surface area contributed by atoms with Crippen molar-refractivity contribution in [1.82, 2.24) is 5.32 Å². The van der Waals surface area contributed by atoms with E-state index in [4.69, 9.17) is 23.8 Å². The molecule has 1 aliphatic heterocycles. The zero-order chi connectivity index (χ0) is 18.7. The first-order valence-corrected chi connectivity index (χ1v) is 9.24. The first-order chi connectivity index (χ1) is 12.5. The lowest BCUT2D eigenvalue weighted by molar-refractivity contribution is -0.120. The van der Waals surface area contributed by atoms with E-state index in [1.807, 2.05) is 44.2 Å². The number of para-hydroxylation sites is 1. The molecule has 1 atom stereocenters. The van der Waals surface area contributed by atoms with Gasteiger partial charge in [-0.25, -0.2) is 4.99 Å². The van der Waals surface area contributed by atoms with Crippen LogP contribution in [0.1, 0.15) is 17.5 Å². The molecule has 26 heavy (non-hydrogen) atoms. The summed E-state index contributed by atoms with van der Waals surface area (Å²) < 4.78 is 0. The van der Waals surface area contributed by atoms with Gasteiger partial charge in [0.1, 0.15) is 0 Å². The average Bonchev–Trinajstić information content (AvgIpc) is 2.61. The standard InChI is InChI=1S/C20H20ClN3OS/c1-12-7-8-14-11-15(19(25)24-18(14)13(12)2)9-10-22-20(26)23-17-6-4-3-5-16(17)21/h3-8,11,15H,9-10H2,1-2H3,(H2,22,23,26). The number of carbonyl (C=O) groups is 1. The summed E-state index contributed by atoms with van der Waals surface area (Å²) in [5, 5.41) is 9.08. The van der Waals surface area contributed by atoms with Crippen LogP contribution in [-0.2, 0) is 4.79 Å². The predicted octanol–water partition coefficient (Wildman–Crippen LogP) is 2.89. The third-order valence-corrected chi connectivity index (χ3v) is 5.09. The number of nitrogens with one attached hydrogen (secondary N) is 2. The number of amides is 1. The molecule has 1 unspecified atom stereocenters. The van der Waals surface area contributed by atoms with Crippen molar-refractivity contribution < 1.29 is 4.79 Å². The Morgan fingerprint density at radius 1 is 1.23 bits per heavy atom. The predicted molar refractivity (Wildman–Crippen MR) is 110 cm³/mol. The molecule has 1 aliphatic rings. The van der Waals surface area contributed by atoms with E-state index >= 15 is 0 Å². The summed E-state index contributed by atoms with van der Waals surface area (Å²) >= 11 is 11.4. The minimum Gasteiger partial charge on any atom is -0.362 e. The SMILES string of the molecule is Cc1ccc2c(c1C)=NC(=O)C(CCNC(=S)Nc1ccccc1Cl)C=2. The Labute approximate surface area is 163 Å². The second-order valence-electron chi connectivity index (χ2n) is 6.32. The van der Waals surface area contributed by atoms with Gasteiger partial charge in [-0.05, 0) is 61.0 Å². The van der Waals surface area contributed by atoms with Crippen molar-refractivity contribution in [2.24, 2.45) is 10.9 Å². The molecule has 4 nitrogen and oxygen atoms in total. The van der Waals surface area contributed by atoms with Crippen LogP contribution in [0.25, 0.3) is 6.08 Å². The largest absolute Gasteiger partial charge is 0.362 e. The smallest absolute Gasteiger partial charge is 0.253 e. The fourth-order valence-electron chi connectivity index (χ4n) is 2.86. The lowest BCUT2D eigenvalue weighted by Gasteiger charge is -2.15. The Hall–Kier alpha value is -2.24. The fraction of sp³-hybridized carbons (Fsp3) is 0.250. The molecule has 3 rings (SSSR count). The van der Waals surface area contributed by atoms with E-state index < -0.39 is 0 Å². The van der Waals surface area contributed by atoms with Crippen LogP contribution in [0.2, 0.25) is 5.02 Å². The highest BCUT2D eigenvalue weighted by atomic mass is 35.5. The van der Waals surface area contributed by atoms with Gasteiger partial charge >= 0.3 is 0 Å². The Balaban J connectivity index is 1.61. The molecule has 1 amide bonds. The lowest BCUT2D eigenvalue weighted by atomic mass is 9.98. The number of benzene rings is 2. The van der Waals surface area contributed by atoms with Crippen molar-refractivity contribution in [2.75, 3.05) is 11.9 Å². The molecule has 0 saturated heterocycles. The Morgan fingerprint density at radius 2 is 2.00 bits per heavy atom. The average molecular weight is 386 g/mol. The summed E-state index contributed by atoms with van der Waals surface area (Å²) in [4.78, 5) is 16.6. The monoisotopic (exact) mass is 385 g/mol. The van der Waals surface area contributed by atoms with E-state index in [2.05, 4.69) is 21.7 Å². The number of halogens is 1. The van der Waals surface area contributed by atoms with Gasteiger partial charge in [0.15, 0.2) is 5.11 Å². The number of hydrogen-bond acceptors (Lipinski definition) is 2. The van der Waals surface area contributed by atoms with Gasteiger partial charge in [0.25, 0.3) is 5.91 Å². The van der Waals surface area contributed by atoms with E-state index in [1.54, 1.807) is 6.07 Å². The molecule has 2 aromatic carbocycles. The number of hydrogen-bond donors (Lipinski definition) is 2. The molecule has 2 N–H and O–H groups in total. The minimum atomic E-state index is -0.236. The second kappa shape index (κ2) is 7.98. The Bertz CT molecular complexity index is 987. The van der Waals surface area contributed by atoms with Crippen molar-refractivity contribution in [3.05, 3.63) is 63.1 Å². The van der Waals surface area contributed by atoms with Gasteiger partial charge in [-0.1, -0.05) is 41.9 Å². The van der Waals surface area contributed by atoms with Crippen LogP contribution in [0.5, 0.6) is 0 Å².